The minimum absolute atomic E-state index is 0.0513. The van der Waals surface area contributed by atoms with Crippen molar-refractivity contribution in [2.75, 3.05) is 25.7 Å². The quantitative estimate of drug-likeness (QED) is 0.466. The number of nitrogens with one attached hydrogen (secondary N) is 1. The van der Waals surface area contributed by atoms with Crippen LogP contribution in [0.1, 0.15) is 6.42 Å². The summed E-state index contributed by atoms with van der Waals surface area (Å²) in [5.41, 5.74) is 5.41. The highest BCUT2D eigenvalue weighted by atomic mass is 32.2. The Morgan fingerprint density at radius 1 is 1.44 bits per heavy atom. The largest absolute Gasteiger partial charge is 0.480 e. The highest BCUT2D eigenvalue weighted by Gasteiger charge is 2.24. The van der Waals surface area contributed by atoms with Gasteiger partial charge in [0.25, 0.3) is 0 Å². The summed E-state index contributed by atoms with van der Waals surface area (Å²) in [6, 6.07) is -2.27. The number of carbonyl (C=O) groups is 2. The Kier molecular flexibility index (Phi) is 6.81. The van der Waals surface area contributed by atoms with E-state index in [0.717, 1.165) is 6.26 Å². The van der Waals surface area contributed by atoms with Gasteiger partial charge in [-0.3, -0.25) is 4.79 Å². The molecule has 106 valence electrons. The number of carboxylic acid groups (broad SMARTS) is 1. The summed E-state index contributed by atoms with van der Waals surface area (Å²) in [5.74, 6) is -2.33. The topological polar surface area (TPSA) is 136 Å². The lowest BCUT2D eigenvalue weighted by Crippen LogP contribution is -2.50. The minimum atomic E-state index is -3.29. The van der Waals surface area contributed by atoms with Crippen molar-refractivity contribution < 1.29 is 27.9 Å². The van der Waals surface area contributed by atoms with Crippen molar-refractivity contribution in [1.29, 1.82) is 0 Å². The van der Waals surface area contributed by atoms with Gasteiger partial charge in [0.05, 0.1) is 12.4 Å². The molecule has 4 N–H and O–H groups in total. The molecule has 0 heterocycles. The van der Waals surface area contributed by atoms with Crippen molar-refractivity contribution in [1.82, 2.24) is 5.32 Å². The van der Waals surface area contributed by atoms with Crippen molar-refractivity contribution in [3.63, 3.8) is 0 Å². The molecule has 0 aromatic carbocycles. The van der Waals surface area contributed by atoms with Gasteiger partial charge in [0.15, 0.2) is 0 Å². The molecule has 0 saturated heterocycles. The van der Waals surface area contributed by atoms with E-state index < -0.39 is 33.8 Å². The number of rotatable bonds is 8. The van der Waals surface area contributed by atoms with E-state index in [2.05, 4.69) is 10.1 Å². The zero-order chi connectivity index (χ0) is 14.3. The number of methoxy groups -OCH3 is 1. The molecule has 0 aromatic rings. The van der Waals surface area contributed by atoms with Crippen LogP contribution in [0.3, 0.4) is 0 Å². The standard InChI is InChI=1S/C9H18N2O6S/c1-17-5-6(10)8(12)11-7(9(13)14)3-4-18(2,15)16/h6-7H,3-5,10H2,1-2H3,(H,11,12)(H,13,14). The highest BCUT2D eigenvalue weighted by molar-refractivity contribution is 7.90. The van der Waals surface area contributed by atoms with Gasteiger partial charge in [0.1, 0.15) is 21.9 Å². The summed E-state index contributed by atoms with van der Waals surface area (Å²) in [7, 11) is -1.94. The van der Waals surface area contributed by atoms with Crippen LogP contribution in [0.25, 0.3) is 0 Å². The molecule has 0 aliphatic heterocycles. The summed E-state index contributed by atoms with van der Waals surface area (Å²) in [6.07, 6.45) is 0.782. The molecule has 0 aromatic heterocycles. The van der Waals surface area contributed by atoms with Crippen molar-refractivity contribution in [3.8, 4) is 0 Å². The summed E-state index contributed by atoms with van der Waals surface area (Å²) < 4.78 is 26.5. The third kappa shape index (κ3) is 7.20. The number of nitrogens with two attached hydrogens (primary N) is 1. The summed E-state index contributed by atoms with van der Waals surface area (Å²) in [5, 5.41) is 11.0. The molecule has 0 aliphatic rings. The maximum atomic E-state index is 11.4. The van der Waals surface area contributed by atoms with Gasteiger partial charge in [-0.05, 0) is 6.42 Å². The third-order valence-corrected chi connectivity index (χ3v) is 3.05. The van der Waals surface area contributed by atoms with Gasteiger partial charge in [0.2, 0.25) is 5.91 Å². The van der Waals surface area contributed by atoms with Crippen LogP contribution in [0, 0.1) is 0 Å². The molecule has 0 spiro atoms. The van der Waals surface area contributed by atoms with Gasteiger partial charge in [0, 0.05) is 13.4 Å². The average molecular weight is 282 g/mol. The number of hydrogen-bond donors (Lipinski definition) is 3. The Morgan fingerprint density at radius 2 is 2.00 bits per heavy atom. The Labute approximate surface area is 105 Å². The second-order valence-electron chi connectivity index (χ2n) is 3.88. The van der Waals surface area contributed by atoms with Crippen LogP contribution in [0.15, 0.2) is 0 Å². The number of sulfone groups is 1. The third-order valence-electron chi connectivity index (χ3n) is 2.07. The fourth-order valence-corrected chi connectivity index (χ4v) is 1.79. The van der Waals surface area contributed by atoms with Gasteiger partial charge in [-0.25, -0.2) is 13.2 Å². The summed E-state index contributed by atoms with van der Waals surface area (Å²) in [4.78, 5) is 22.3. The van der Waals surface area contributed by atoms with Crippen LogP contribution in [-0.2, 0) is 24.2 Å². The van der Waals surface area contributed by atoms with Crippen LogP contribution < -0.4 is 11.1 Å². The van der Waals surface area contributed by atoms with E-state index in [9.17, 15) is 18.0 Å². The van der Waals surface area contributed by atoms with Crippen LogP contribution in [0.5, 0.6) is 0 Å². The lowest BCUT2D eigenvalue weighted by molar-refractivity contribution is -0.142. The van der Waals surface area contributed by atoms with Gasteiger partial charge < -0.3 is 20.9 Å². The molecule has 0 saturated carbocycles. The monoisotopic (exact) mass is 282 g/mol. The fourth-order valence-electron chi connectivity index (χ4n) is 1.12. The predicted octanol–water partition coefficient (Wildman–Crippen LogP) is -2.04. The molecule has 9 heteroatoms. The van der Waals surface area contributed by atoms with Gasteiger partial charge in [-0.2, -0.15) is 0 Å². The van der Waals surface area contributed by atoms with Crippen molar-refractivity contribution >= 4 is 21.7 Å². The molecular formula is C9H18N2O6S. The number of aliphatic carboxylic acids is 1. The van der Waals surface area contributed by atoms with Crippen LogP contribution >= 0.6 is 0 Å². The number of ether oxygens (including phenoxy) is 1. The van der Waals surface area contributed by atoms with Gasteiger partial charge in [-0.15, -0.1) is 0 Å². The maximum absolute atomic E-state index is 11.4. The number of carbonyl (C=O) groups excluding carboxylic acids is 1. The molecule has 0 aliphatic carbocycles. The second-order valence-corrected chi connectivity index (χ2v) is 6.14. The Bertz CT molecular complexity index is 394. The van der Waals surface area contributed by atoms with Gasteiger partial charge in [-0.1, -0.05) is 0 Å². The van der Waals surface area contributed by atoms with Crippen molar-refractivity contribution in [2.24, 2.45) is 5.73 Å². The van der Waals surface area contributed by atoms with Crippen LogP contribution in [0.2, 0.25) is 0 Å². The molecule has 2 unspecified atom stereocenters. The van der Waals surface area contributed by atoms with E-state index in [-0.39, 0.29) is 18.8 Å². The Balaban J connectivity index is 4.45. The van der Waals surface area contributed by atoms with Crippen molar-refractivity contribution in [3.05, 3.63) is 0 Å². The van der Waals surface area contributed by atoms with E-state index in [4.69, 9.17) is 10.8 Å². The molecule has 8 nitrogen and oxygen atoms in total. The highest BCUT2D eigenvalue weighted by Crippen LogP contribution is 1.98. The Hall–Kier alpha value is -1.19. The average Bonchev–Trinajstić information content (AvgIpc) is 2.22. The smallest absolute Gasteiger partial charge is 0.326 e. The SMILES string of the molecule is COCC(N)C(=O)NC(CCS(C)(=O)=O)C(=O)O. The predicted molar refractivity (Wildman–Crippen MR) is 63.7 cm³/mol. The minimum Gasteiger partial charge on any atom is -0.480 e. The lowest BCUT2D eigenvalue weighted by Gasteiger charge is -2.17. The Morgan fingerprint density at radius 3 is 2.39 bits per heavy atom. The molecule has 18 heavy (non-hydrogen) atoms. The van der Waals surface area contributed by atoms with E-state index in [1.807, 2.05) is 0 Å². The van der Waals surface area contributed by atoms with Crippen molar-refractivity contribution in [2.45, 2.75) is 18.5 Å². The van der Waals surface area contributed by atoms with Crippen LogP contribution in [-0.4, -0.2) is 63.2 Å². The molecule has 0 fully saturated rings. The van der Waals surface area contributed by atoms with E-state index >= 15 is 0 Å². The zero-order valence-electron chi connectivity index (χ0n) is 10.3. The first kappa shape index (κ1) is 16.8. The van der Waals surface area contributed by atoms with E-state index in [1.165, 1.54) is 7.11 Å². The zero-order valence-corrected chi connectivity index (χ0v) is 11.1. The summed E-state index contributed by atoms with van der Waals surface area (Å²) in [6.45, 7) is -0.0513. The first-order valence-electron chi connectivity index (χ1n) is 5.12. The number of hydrogen-bond acceptors (Lipinski definition) is 6. The molecule has 1 amide bonds. The first-order valence-corrected chi connectivity index (χ1v) is 7.19. The van der Waals surface area contributed by atoms with Gasteiger partial charge >= 0.3 is 5.97 Å². The molecule has 0 rings (SSSR count). The first-order chi connectivity index (χ1) is 8.17. The molecule has 0 radical (unpaired) electrons. The second kappa shape index (κ2) is 7.29. The van der Waals surface area contributed by atoms with Crippen LogP contribution in [0.4, 0.5) is 0 Å². The number of amides is 1. The molecular weight excluding hydrogens is 264 g/mol. The van der Waals surface area contributed by atoms with E-state index in [1.54, 1.807) is 0 Å². The lowest BCUT2D eigenvalue weighted by atomic mass is 10.2. The molecule has 2 atom stereocenters. The number of carboxylic acids is 1. The summed E-state index contributed by atoms with van der Waals surface area (Å²) >= 11 is 0. The normalized spacial score (nSPS) is 14.8. The molecule has 0 bridgehead atoms. The fraction of sp³-hybridized carbons (Fsp3) is 0.778. The maximum Gasteiger partial charge on any atom is 0.326 e. The van der Waals surface area contributed by atoms with E-state index in [0.29, 0.717) is 0 Å².